The number of methoxy groups -OCH3 is 2. The van der Waals surface area contributed by atoms with E-state index in [0.29, 0.717) is 16.3 Å². The molecule has 3 rings (SSSR count). The van der Waals surface area contributed by atoms with E-state index < -0.39 is 28.4 Å². The first-order valence-corrected chi connectivity index (χ1v) is 12.1. The minimum atomic E-state index is -3.77. The first-order chi connectivity index (χ1) is 14.3. The number of ether oxygens (including phenoxy) is 2. The minimum Gasteiger partial charge on any atom is -0.495 e. The van der Waals surface area contributed by atoms with Gasteiger partial charge in [0.15, 0.2) is 0 Å². The summed E-state index contributed by atoms with van der Waals surface area (Å²) in [6.45, 7) is -0.456. The number of fused-ring (bicyclic) bond motifs is 1. The van der Waals surface area contributed by atoms with Crippen LogP contribution >= 0.6 is 11.3 Å². The van der Waals surface area contributed by atoms with Crippen LogP contribution in [0.15, 0.2) is 24.3 Å². The first-order valence-electron chi connectivity index (χ1n) is 9.39. The van der Waals surface area contributed by atoms with Crippen LogP contribution in [0.2, 0.25) is 0 Å². The van der Waals surface area contributed by atoms with E-state index in [0.717, 1.165) is 46.7 Å². The van der Waals surface area contributed by atoms with Gasteiger partial charge in [0, 0.05) is 4.88 Å². The predicted molar refractivity (Wildman–Crippen MR) is 116 cm³/mol. The average molecular weight is 453 g/mol. The Kier molecular flexibility index (Phi) is 6.67. The Balaban J connectivity index is 1.90. The molecule has 2 aromatic rings. The largest absolute Gasteiger partial charge is 0.495 e. The second-order valence-electron chi connectivity index (χ2n) is 6.90. The monoisotopic (exact) mass is 452 g/mol. The summed E-state index contributed by atoms with van der Waals surface area (Å²) >= 11 is 1.35. The topological polar surface area (TPSA) is 102 Å². The van der Waals surface area contributed by atoms with Crippen molar-refractivity contribution in [3.8, 4) is 5.75 Å². The van der Waals surface area contributed by atoms with Crippen molar-refractivity contribution in [2.75, 3.05) is 36.6 Å². The van der Waals surface area contributed by atoms with Crippen LogP contribution in [0.5, 0.6) is 5.75 Å². The number of hydrogen-bond acceptors (Lipinski definition) is 7. The molecule has 0 fully saturated rings. The summed E-state index contributed by atoms with van der Waals surface area (Å²) in [6.07, 6.45) is 4.61. The molecule has 10 heteroatoms. The molecule has 1 amide bonds. The van der Waals surface area contributed by atoms with Crippen molar-refractivity contribution in [1.29, 1.82) is 0 Å². The second kappa shape index (κ2) is 9.05. The Bertz CT molecular complexity index is 1060. The minimum absolute atomic E-state index is 0.260. The van der Waals surface area contributed by atoms with Crippen molar-refractivity contribution in [2.24, 2.45) is 0 Å². The molecule has 0 saturated heterocycles. The Hall–Kier alpha value is -2.59. The maximum absolute atomic E-state index is 12.8. The lowest BCUT2D eigenvalue weighted by Gasteiger charge is -2.23. The third kappa shape index (κ3) is 4.59. The van der Waals surface area contributed by atoms with Crippen LogP contribution in [0.1, 0.15) is 33.6 Å². The van der Waals surface area contributed by atoms with Gasteiger partial charge in [0.2, 0.25) is 15.9 Å². The summed E-state index contributed by atoms with van der Waals surface area (Å²) in [4.78, 5) is 26.2. The van der Waals surface area contributed by atoms with Crippen molar-refractivity contribution in [3.63, 3.8) is 0 Å². The molecule has 0 spiro atoms. The maximum Gasteiger partial charge on any atom is 0.341 e. The highest BCUT2D eigenvalue weighted by molar-refractivity contribution is 7.92. The van der Waals surface area contributed by atoms with Crippen LogP contribution < -0.4 is 14.4 Å². The number of rotatable bonds is 7. The molecule has 0 unspecified atom stereocenters. The van der Waals surface area contributed by atoms with E-state index in [1.54, 1.807) is 24.3 Å². The van der Waals surface area contributed by atoms with Crippen LogP contribution in [-0.2, 0) is 32.4 Å². The number of carbonyl (C=O) groups excluding carboxylic acids is 2. The maximum atomic E-state index is 12.8. The van der Waals surface area contributed by atoms with Gasteiger partial charge in [-0.3, -0.25) is 9.10 Å². The van der Waals surface area contributed by atoms with E-state index in [2.05, 4.69) is 5.32 Å². The molecular weight excluding hydrogens is 428 g/mol. The Morgan fingerprint density at radius 1 is 1.17 bits per heavy atom. The Morgan fingerprint density at radius 2 is 1.87 bits per heavy atom. The van der Waals surface area contributed by atoms with Crippen molar-refractivity contribution in [1.82, 2.24) is 0 Å². The fraction of sp³-hybridized carbons (Fsp3) is 0.400. The van der Waals surface area contributed by atoms with Crippen molar-refractivity contribution in [3.05, 3.63) is 40.3 Å². The highest BCUT2D eigenvalue weighted by Gasteiger charge is 2.29. The van der Waals surface area contributed by atoms with E-state index in [9.17, 15) is 18.0 Å². The highest BCUT2D eigenvalue weighted by atomic mass is 32.2. The Morgan fingerprint density at radius 3 is 2.53 bits per heavy atom. The van der Waals surface area contributed by atoms with Crippen LogP contribution in [0, 0.1) is 0 Å². The van der Waals surface area contributed by atoms with E-state index in [4.69, 9.17) is 9.47 Å². The van der Waals surface area contributed by atoms with Gasteiger partial charge in [-0.15, -0.1) is 11.3 Å². The summed E-state index contributed by atoms with van der Waals surface area (Å²) in [6, 6.07) is 6.56. The van der Waals surface area contributed by atoms with Gasteiger partial charge in [-0.2, -0.15) is 0 Å². The number of sulfonamides is 1. The number of amides is 1. The molecule has 0 radical (unpaired) electrons. The summed E-state index contributed by atoms with van der Waals surface area (Å²) < 4.78 is 35.9. The van der Waals surface area contributed by atoms with E-state index in [-0.39, 0.29) is 5.69 Å². The Labute approximate surface area is 179 Å². The van der Waals surface area contributed by atoms with Crippen molar-refractivity contribution >= 4 is 43.9 Å². The number of aryl methyl sites for hydroxylation is 1. The smallest absolute Gasteiger partial charge is 0.341 e. The van der Waals surface area contributed by atoms with Crippen LogP contribution in [0.3, 0.4) is 0 Å². The average Bonchev–Trinajstić information content (AvgIpc) is 3.08. The molecule has 8 nitrogen and oxygen atoms in total. The van der Waals surface area contributed by atoms with Crippen LogP contribution in [0.25, 0.3) is 0 Å². The van der Waals surface area contributed by atoms with Gasteiger partial charge < -0.3 is 14.8 Å². The highest BCUT2D eigenvalue weighted by Crippen LogP contribution is 2.38. The fourth-order valence-corrected chi connectivity index (χ4v) is 5.64. The van der Waals surface area contributed by atoms with Crippen molar-refractivity contribution < 1.29 is 27.5 Å². The van der Waals surface area contributed by atoms with Gasteiger partial charge in [0.1, 0.15) is 17.3 Å². The number of esters is 1. The quantitative estimate of drug-likeness (QED) is 0.648. The van der Waals surface area contributed by atoms with Crippen LogP contribution in [0.4, 0.5) is 10.7 Å². The summed E-state index contributed by atoms with van der Waals surface area (Å²) in [5.41, 5.74) is 1.54. The number of carbonyl (C=O) groups is 2. The number of hydrogen-bond donors (Lipinski definition) is 1. The molecule has 0 bridgehead atoms. The lowest BCUT2D eigenvalue weighted by Crippen LogP contribution is -2.37. The van der Waals surface area contributed by atoms with Crippen LogP contribution in [-0.4, -0.2) is 47.3 Å². The summed E-state index contributed by atoms with van der Waals surface area (Å²) in [5.74, 6) is -0.734. The third-order valence-corrected chi connectivity index (χ3v) is 7.19. The summed E-state index contributed by atoms with van der Waals surface area (Å²) in [7, 11) is -1.04. The molecule has 1 aliphatic rings. The van der Waals surface area contributed by atoms with Gasteiger partial charge in [-0.05, 0) is 43.4 Å². The van der Waals surface area contributed by atoms with Gasteiger partial charge in [-0.25, -0.2) is 13.2 Å². The van der Waals surface area contributed by atoms with E-state index >= 15 is 0 Å². The lowest BCUT2D eigenvalue weighted by atomic mass is 9.95. The van der Waals surface area contributed by atoms with E-state index in [1.165, 1.54) is 25.6 Å². The molecule has 1 aliphatic carbocycles. The molecule has 0 saturated carbocycles. The first kappa shape index (κ1) is 22.1. The standard InChI is InChI=1S/C20H24N2O6S2/c1-27-15-10-6-5-9-14(15)22(30(3,25)26)12-17(23)21-19-18(20(24)28-2)13-8-4-7-11-16(13)29-19/h5-6,9-10H,4,7-8,11-12H2,1-3H3,(H,21,23). The summed E-state index contributed by atoms with van der Waals surface area (Å²) in [5, 5.41) is 3.12. The molecule has 1 aromatic heterocycles. The molecular formula is C20H24N2O6S2. The zero-order chi connectivity index (χ0) is 21.9. The number of anilines is 2. The van der Waals surface area contributed by atoms with Gasteiger partial charge in [0.25, 0.3) is 0 Å². The molecule has 162 valence electrons. The lowest BCUT2D eigenvalue weighted by molar-refractivity contribution is -0.114. The molecule has 1 heterocycles. The number of benzene rings is 1. The fourth-order valence-electron chi connectivity index (χ4n) is 3.49. The number of para-hydroxylation sites is 2. The second-order valence-corrected chi connectivity index (χ2v) is 9.91. The number of nitrogens with zero attached hydrogens (tertiary/aromatic N) is 1. The predicted octanol–water partition coefficient (Wildman–Crippen LogP) is 2.83. The molecule has 30 heavy (non-hydrogen) atoms. The normalized spacial score (nSPS) is 13.3. The molecule has 1 N–H and O–H groups in total. The SMILES string of the molecule is COC(=O)c1c(NC(=O)CN(c2ccccc2OC)S(C)(=O)=O)sc2c1CCCC2. The zero-order valence-electron chi connectivity index (χ0n) is 17.1. The number of nitrogens with one attached hydrogen (secondary N) is 1. The van der Waals surface area contributed by atoms with E-state index in [1.807, 2.05) is 0 Å². The zero-order valence-corrected chi connectivity index (χ0v) is 18.7. The number of thiophene rings is 1. The van der Waals surface area contributed by atoms with Gasteiger partial charge >= 0.3 is 5.97 Å². The van der Waals surface area contributed by atoms with Gasteiger partial charge in [0.05, 0.1) is 31.7 Å². The molecule has 0 aliphatic heterocycles. The molecule has 1 aromatic carbocycles. The third-order valence-electron chi connectivity index (χ3n) is 4.86. The van der Waals surface area contributed by atoms with Gasteiger partial charge in [-0.1, -0.05) is 12.1 Å². The van der Waals surface area contributed by atoms with Crippen molar-refractivity contribution in [2.45, 2.75) is 25.7 Å². The molecule has 0 atom stereocenters.